The summed E-state index contributed by atoms with van der Waals surface area (Å²) in [5.74, 6) is 2.70. The van der Waals surface area contributed by atoms with Gasteiger partial charge in [-0.2, -0.15) is 0 Å². The maximum atomic E-state index is 5.97. The van der Waals surface area contributed by atoms with E-state index in [1.165, 1.54) is 25.7 Å². The standard InChI is InChI=1S/C19H34N4O2/c1-5-24-18(15-8-6-7-9-15)10-11-21-19(20-4)22-13-16-12-17(14(2)3)23-25-16/h12,14-15,18H,5-11,13H2,1-4H3,(H2,20,21,22). The van der Waals surface area contributed by atoms with E-state index in [9.17, 15) is 0 Å². The first kappa shape index (κ1) is 19.8. The third-order valence-corrected chi connectivity index (χ3v) is 4.85. The highest BCUT2D eigenvalue weighted by molar-refractivity contribution is 5.79. The maximum Gasteiger partial charge on any atom is 0.191 e. The van der Waals surface area contributed by atoms with Crippen LogP contribution in [0.3, 0.4) is 0 Å². The third kappa shape index (κ3) is 6.34. The van der Waals surface area contributed by atoms with Crippen molar-refractivity contribution in [2.75, 3.05) is 20.2 Å². The first-order chi connectivity index (χ1) is 12.1. The van der Waals surface area contributed by atoms with Crippen molar-refractivity contribution in [2.24, 2.45) is 10.9 Å². The highest BCUT2D eigenvalue weighted by Gasteiger charge is 2.25. The minimum absolute atomic E-state index is 0.362. The van der Waals surface area contributed by atoms with Crippen LogP contribution in [0.5, 0.6) is 0 Å². The molecule has 1 heterocycles. The smallest absolute Gasteiger partial charge is 0.191 e. The topological polar surface area (TPSA) is 71.7 Å². The number of hydrogen-bond donors (Lipinski definition) is 2. The summed E-state index contributed by atoms with van der Waals surface area (Å²) in [5, 5.41) is 10.7. The van der Waals surface area contributed by atoms with Crippen molar-refractivity contribution in [3.8, 4) is 0 Å². The van der Waals surface area contributed by atoms with E-state index in [0.29, 0.717) is 18.6 Å². The van der Waals surface area contributed by atoms with Crippen molar-refractivity contribution in [1.82, 2.24) is 15.8 Å². The van der Waals surface area contributed by atoms with Crippen molar-refractivity contribution in [3.63, 3.8) is 0 Å². The van der Waals surface area contributed by atoms with E-state index >= 15 is 0 Å². The molecule has 6 nitrogen and oxygen atoms in total. The molecule has 0 radical (unpaired) electrons. The number of ether oxygens (including phenoxy) is 1. The molecule has 2 N–H and O–H groups in total. The van der Waals surface area contributed by atoms with Crippen LogP contribution in [0.25, 0.3) is 0 Å². The van der Waals surface area contributed by atoms with Gasteiger partial charge in [-0.05, 0) is 38.0 Å². The van der Waals surface area contributed by atoms with Crippen LogP contribution in [0.2, 0.25) is 0 Å². The minimum atomic E-state index is 0.362. The molecular weight excluding hydrogens is 316 g/mol. The van der Waals surface area contributed by atoms with Gasteiger partial charge in [0.15, 0.2) is 11.7 Å². The molecule has 0 aliphatic heterocycles. The van der Waals surface area contributed by atoms with E-state index in [4.69, 9.17) is 9.26 Å². The fraction of sp³-hybridized carbons (Fsp3) is 0.789. The molecule has 6 heteroatoms. The Morgan fingerprint density at radius 1 is 1.36 bits per heavy atom. The van der Waals surface area contributed by atoms with Crippen molar-refractivity contribution in [2.45, 2.75) is 71.4 Å². The summed E-state index contributed by atoms with van der Waals surface area (Å²) in [7, 11) is 1.78. The molecule has 0 spiro atoms. The van der Waals surface area contributed by atoms with Gasteiger partial charge in [0, 0.05) is 26.3 Å². The normalized spacial score (nSPS) is 17.2. The molecule has 1 aliphatic carbocycles. The Labute approximate surface area is 151 Å². The summed E-state index contributed by atoms with van der Waals surface area (Å²) in [6.45, 7) is 8.52. The molecule has 142 valence electrons. The van der Waals surface area contributed by atoms with Crippen LogP contribution >= 0.6 is 0 Å². The highest BCUT2D eigenvalue weighted by atomic mass is 16.5. The fourth-order valence-electron chi connectivity index (χ4n) is 3.41. The molecule has 0 aromatic carbocycles. The van der Waals surface area contributed by atoms with Gasteiger partial charge in [-0.25, -0.2) is 0 Å². The summed E-state index contributed by atoms with van der Waals surface area (Å²) in [6.07, 6.45) is 6.68. The summed E-state index contributed by atoms with van der Waals surface area (Å²) >= 11 is 0. The number of nitrogens with zero attached hydrogens (tertiary/aromatic N) is 2. The lowest BCUT2D eigenvalue weighted by Crippen LogP contribution is -2.39. The number of hydrogen-bond acceptors (Lipinski definition) is 4. The lowest BCUT2D eigenvalue weighted by atomic mass is 9.98. The predicted octanol–water partition coefficient (Wildman–Crippen LogP) is 3.45. The molecule has 0 bridgehead atoms. The average molecular weight is 351 g/mol. The maximum absolute atomic E-state index is 5.97. The molecule has 0 amide bonds. The van der Waals surface area contributed by atoms with Crippen LogP contribution in [-0.4, -0.2) is 37.4 Å². The van der Waals surface area contributed by atoms with E-state index in [2.05, 4.69) is 41.6 Å². The molecule has 0 saturated heterocycles. The number of nitrogens with one attached hydrogen (secondary N) is 2. The molecular formula is C19H34N4O2. The Hall–Kier alpha value is -1.56. The lowest BCUT2D eigenvalue weighted by Gasteiger charge is -2.23. The Kier molecular flexibility index (Phi) is 8.25. The summed E-state index contributed by atoms with van der Waals surface area (Å²) in [4.78, 5) is 4.28. The zero-order valence-corrected chi connectivity index (χ0v) is 16.2. The van der Waals surface area contributed by atoms with Crippen LogP contribution in [0, 0.1) is 5.92 Å². The molecule has 1 saturated carbocycles. The van der Waals surface area contributed by atoms with E-state index in [-0.39, 0.29) is 0 Å². The Morgan fingerprint density at radius 3 is 2.72 bits per heavy atom. The first-order valence-electron chi connectivity index (χ1n) is 9.65. The molecule has 25 heavy (non-hydrogen) atoms. The van der Waals surface area contributed by atoms with Gasteiger partial charge in [0.05, 0.1) is 18.3 Å². The molecule has 1 atom stereocenters. The van der Waals surface area contributed by atoms with Crippen LogP contribution in [0.15, 0.2) is 15.6 Å². The van der Waals surface area contributed by atoms with E-state index in [1.54, 1.807) is 7.05 Å². The van der Waals surface area contributed by atoms with Gasteiger partial charge in [0.1, 0.15) is 0 Å². The molecule has 1 aromatic heterocycles. The van der Waals surface area contributed by atoms with E-state index in [1.807, 2.05) is 6.07 Å². The van der Waals surface area contributed by atoms with Gasteiger partial charge in [-0.1, -0.05) is 31.8 Å². The monoisotopic (exact) mass is 350 g/mol. The quantitative estimate of drug-likeness (QED) is 0.527. The highest BCUT2D eigenvalue weighted by Crippen LogP contribution is 2.30. The van der Waals surface area contributed by atoms with Gasteiger partial charge >= 0.3 is 0 Å². The van der Waals surface area contributed by atoms with Crippen LogP contribution in [0.1, 0.15) is 70.2 Å². The van der Waals surface area contributed by atoms with Crippen molar-refractivity contribution in [3.05, 3.63) is 17.5 Å². The number of aromatic nitrogens is 1. The Balaban J connectivity index is 1.73. The molecule has 1 unspecified atom stereocenters. The minimum Gasteiger partial charge on any atom is -0.378 e. The third-order valence-electron chi connectivity index (χ3n) is 4.85. The SMILES string of the molecule is CCOC(CCNC(=NC)NCc1cc(C(C)C)no1)C1CCCC1. The zero-order chi connectivity index (χ0) is 18.1. The lowest BCUT2D eigenvalue weighted by molar-refractivity contribution is 0.0169. The first-order valence-corrected chi connectivity index (χ1v) is 9.65. The second-order valence-electron chi connectivity index (χ2n) is 7.05. The van der Waals surface area contributed by atoms with Gasteiger partial charge in [-0.15, -0.1) is 0 Å². The Bertz CT molecular complexity index is 521. The largest absolute Gasteiger partial charge is 0.378 e. The predicted molar refractivity (Wildman–Crippen MR) is 101 cm³/mol. The second kappa shape index (κ2) is 10.4. The Morgan fingerprint density at radius 2 is 2.12 bits per heavy atom. The van der Waals surface area contributed by atoms with Crippen LogP contribution < -0.4 is 10.6 Å². The van der Waals surface area contributed by atoms with Crippen molar-refractivity contribution >= 4 is 5.96 Å². The van der Waals surface area contributed by atoms with Gasteiger partial charge < -0.3 is 19.9 Å². The van der Waals surface area contributed by atoms with Crippen molar-refractivity contribution in [1.29, 1.82) is 0 Å². The van der Waals surface area contributed by atoms with Crippen LogP contribution in [0.4, 0.5) is 0 Å². The number of aliphatic imine (C=N–C) groups is 1. The zero-order valence-electron chi connectivity index (χ0n) is 16.2. The van der Waals surface area contributed by atoms with Crippen LogP contribution in [-0.2, 0) is 11.3 Å². The number of rotatable bonds is 9. The van der Waals surface area contributed by atoms with E-state index < -0.39 is 0 Å². The van der Waals surface area contributed by atoms with Gasteiger partial charge in [-0.3, -0.25) is 4.99 Å². The fourth-order valence-corrected chi connectivity index (χ4v) is 3.41. The molecule has 1 aliphatic rings. The molecule has 1 aromatic rings. The van der Waals surface area contributed by atoms with Crippen molar-refractivity contribution < 1.29 is 9.26 Å². The molecule has 2 rings (SSSR count). The summed E-state index contributed by atoms with van der Waals surface area (Å²) in [6, 6.07) is 2.00. The van der Waals surface area contributed by atoms with Gasteiger partial charge in [0.2, 0.25) is 0 Å². The van der Waals surface area contributed by atoms with E-state index in [0.717, 1.165) is 42.9 Å². The molecule has 1 fully saturated rings. The average Bonchev–Trinajstić information content (AvgIpc) is 3.28. The van der Waals surface area contributed by atoms with Gasteiger partial charge in [0.25, 0.3) is 0 Å². The summed E-state index contributed by atoms with van der Waals surface area (Å²) in [5.41, 5.74) is 0.982. The number of guanidine groups is 1. The second-order valence-corrected chi connectivity index (χ2v) is 7.05. The summed E-state index contributed by atoms with van der Waals surface area (Å²) < 4.78 is 11.3.